The van der Waals surface area contributed by atoms with Gasteiger partial charge in [0.25, 0.3) is 11.6 Å². The minimum atomic E-state index is -0.895. The van der Waals surface area contributed by atoms with E-state index in [-0.39, 0.29) is 0 Å². The van der Waals surface area contributed by atoms with Crippen molar-refractivity contribution in [3.05, 3.63) is 0 Å². The molecule has 1 aliphatic rings. The molecular formula is C10H15N3O5. The Morgan fingerprint density at radius 2 is 2.11 bits per heavy atom. The van der Waals surface area contributed by atoms with E-state index in [1.807, 2.05) is 13.8 Å². The first-order valence-corrected chi connectivity index (χ1v) is 5.15. The number of oxime groups is 2. The predicted molar refractivity (Wildman–Crippen MR) is 61.8 cm³/mol. The normalized spacial score (nSPS) is 17.6. The number of esters is 1. The lowest BCUT2D eigenvalue weighted by Gasteiger charge is -2.13. The topological polar surface area (TPSA) is 98.6 Å². The summed E-state index contributed by atoms with van der Waals surface area (Å²) in [6, 6.07) is 0. The Morgan fingerprint density at radius 3 is 2.56 bits per heavy atom. The summed E-state index contributed by atoms with van der Waals surface area (Å²) in [6.07, 6.45) is 0.417. The lowest BCUT2D eigenvalue weighted by Crippen LogP contribution is -2.40. The van der Waals surface area contributed by atoms with E-state index >= 15 is 0 Å². The fourth-order valence-electron chi connectivity index (χ4n) is 1.26. The van der Waals surface area contributed by atoms with Gasteiger partial charge in [-0.3, -0.25) is 4.79 Å². The van der Waals surface area contributed by atoms with E-state index in [4.69, 9.17) is 4.84 Å². The maximum absolute atomic E-state index is 11.7. The van der Waals surface area contributed by atoms with E-state index in [1.54, 1.807) is 0 Å². The number of carbonyl (C=O) groups excluding carboxylic acids is 2. The Kier molecular flexibility index (Phi) is 4.24. The number of nitrogens with one attached hydrogen (secondary N) is 1. The summed E-state index contributed by atoms with van der Waals surface area (Å²) in [5.41, 5.74) is -0.973. The van der Waals surface area contributed by atoms with Gasteiger partial charge in [0.05, 0.1) is 13.5 Å². The summed E-state index contributed by atoms with van der Waals surface area (Å²) < 4.78 is 4.41. The Hall–Kier alpha value is -2.12. The van der Waals surface area contributed by atoms with Gasteiger partial charge < -0.3 is 19.7 Å². The highest BCUT2D eigenvalue weighted by molar-refractivity contribution is 6.64. The van der Waals surface area contributed by atoms with Gasteiger partial charge in [-0.25, -0.2) is 4.79 Å². The molecule has 0 aromatic carbocycles. The van der Waals surface area contributed by atoms with Crippen molar-refractivity contribution in [3.8, 4) is 0 Å². The number of nitrogens with zero attached hydrogens (tertiary/aromatic N) is 2. The Labute approximate surface area is 104 Å². The molecule has 0 atom stereocenters. The number of methoxy groups -OCH3 is 1. The highest BCUT2D eigenvalue weighted by Gasteiger charge is 2.32. The molecule has 0 saturated heterocycles. The smallest absolute Gasteiger partial charge is 0.365 e. The molecule has 1 N–H and O–H groups in total. The first-order valence-electron chi connectivity index (χ1n) is 5.15. The van der Waals surface area contributed by atoms with Gasteiger partial charge in [0.2, 0.25) is 0 Å². The zero-order chi connectivity index (χ0) is 13.8. The number of carbonyl (C=O) groups is 2. The number of amides is 1. The third kappa shape index (κ3) is 3.44. The Bertz CT molecular complexity index is 414. The molecule has 0 radical (unpaired) electrons. The maximum Gasteiger partial charge on any atom is 0.365 e. The van der Waals surface area contributed by atoms with E-state index in [0.717, 1.165) is 7.11 Å². The highest BCUT2D eigenvalue weighted by Crippen LogP contribution is 2.20. The Morgan fingerprint density at radius 1 is 1.44 bits per heavy atom. The van der Waals surface area contributed by atoms with Crippen molar-refractivity contribution in [1.82, 2.24) is 5.32 Å². The lowest BCUT2D eigenvalue weighted by molar-refractivity contribution is -0.133. The van der Waals surface area contributed by atoms with Crippen molar-refractivity contribution in [2.24, 2.45) is 10.3 Å². The van der Waals surface area contributed by atoms with Crippen LogP contribution in [0.5, 0.6) is 0 Å². The second-order valence-corrected chi connectivity index (χ2v) is 4.13. The van der Waals surface area contributed by atoms with E-state index < -0.39 is 23.2 Å². The van der Waals surface area contributed by atoms with Crippen LogP contribution in [-0.2, 0) is 24.0 Å². The minimum Gasteiger partial charge on any atom is -0.464 e. The number of hydrogen-bond donors (Lipinski definition) is 1. The molecule has 0 spiro atoms. The fraction of sp³-hybridized carbons (Fsp3) is 0.600. The summed E-state index contributed by atoms with van der Waals surface area (Å²) in [4.78, 5) is 32.5. The van der Waals surface area contributed by atoms with Crippen LogP contribution in [0.25, 0.3) is 0 Å². The van der Waals surface area contributed by atoms with Crippen molar-refractivity contribution in [1.29, 1.82) is 0 Å². The number of amidine groups is 1. The maximum atomic E-state index is 11.7. The van der Waals surface area contributed by atoms with Crippen LogP contribution in [0.2, 0.25) is 0 Å². The number of rotatable bonds is 3. The van der Waals surface area contributed by atoms with Crippen LogP contribution in [0.4, 0.5) is 0 Å². The van der Waals surface area contributed by atoms with Crippen LogP contribution in [0, 0.1) is 0 Å². The van der Waals surface area contributed by atoms with E-state index in [9.17, 15) is 9.59 Å². The molecule has 1 aliphatic heterocycles. The zero-order valence-electron chi connectivity index (χ0n) is 10.6. The molecule has 8 heteroatoms. The molecule has 0 saturated carbocycles. The van der Waals surface area contributed by atoms with Gasteiger partial charge in [0, 0.05) is 0 Å². The van der Waals surface area contributed by atoms with Gasteiger partial charge >= 0.3 is 5.97 Å². The molecule has 18 heavy (non-hydrogen) atoms. The molecule has 0 bridgehead atoms. The van der Waals surface area contributed by atoms with Crippen LogP contribution in [0.3, 0.4) is 0 Å². The average molecular weight is 257 g/mol. The minimum absolute atomic E-state index is 0.317. The van der Waals surface area contributed by atoms with Gasteiger partial charge in [0.1, 0.15) is 12.7 Å². The third-order valence-corrected chi connectivity index (χ3v) is 2.03. The van der Waals surface area contributed by atoms with Crippen LogP contribution >= 0.6 is 0 Å². The standard InChI is InChI=1S/C10H15N3O5/c1-10(2)5-6(12-18-10)11-8(14)7(13-17-4)9(15)16-3/h5H2,1-4H3,(H,11,12,14)/b13-7-. The first kappa shape index (κ1) is 13.9. The molecule has 1 amide bonds. The van der Waals surface area contributed by atoms with Gasteiger partial charge in [-0.2, -0.15) is 0 Å². The third-order valence-electron chi connectivity index (χ3n) is 2.03. The number of hydrogen-bond acceptors (Lipinski definition) is 7. The van der Waals surface area contributed by atoms with E-state index in [1.165, 1.54) is 7.11 Å². The van der Waals surface area contributed by atoms with Gasteiger partial charge in [0.15, 0.2) is 5.84 Å². The largest absolute Gasteiger partial charge is 0.464 e. The van der Waals surface area contributed by atoms with E-state index in [0.29, 0.717) is 12.3 Å². The van der Waals surface area contributed by atoms with Crippen molar-refractivity contribution < 1.29 is 24.0 Å². The van der Waals surface area contributed by atoms with Crippen molar-refractivity contribution in [2.75, 3.05) is 14.2 Å². The van der Waals surface area contributed by atoms with E-state index in [2.05, 4.69) is 25.2 Å². The Balaban J connectivity index is 2.70. The van der Waals surface area contributed by atoms with Crippen LogP contribution in [0.1, 0.15) is 20.3 Å². The molecule has 0 aromatic heterocycles. The summed E-state index contributed by atoms with van der Waals surface area (Å²) in [5, 5.41) is 9.41. The average Bonchev–Trinajstić information content (AvgIpc) is 2.64. The fourth-order valence-corrected chi connectivity index (χ4v) is 1.26. The molecule has 100 valence electrons. The van der Waals surface area contributed by atoms with Crippen LogP contribution in [0.15, 0.2) is 10.3 Å². The first-order chi connectivity index (χ1) is 8.39. The highest BCUT2D eigenvalue weighted by atomic mass is 16.7. The predicted octanol–water partition coefficient (Wildman–Crippen LogP) is -0.210. The summed E-state index contributed by atoms with van der Waals surface area (Å²) in [6.45, 7) is 3.64. The van der Waals surface area contributed by atoms with Gasteiger partial charge in [-0.05, 0) is 13.8 Å². The molecular weight excluding hydrogens is 242 g/mol. The summed E-state index contributed by atoms with van der Waals surface area (Å²) in [7, 11) is 2.36. The summed E-state index contributed by atoms with van der Waals surface area (Å²) >= 11 is 0. The van der Waals surface area contributed by atoms with Gasteiger partial charge in [-0.1, -0.05) is 10.3 Å². The lowest BCUT2D eigenvalue weighted by atomic mass is 10.1. The van der Waals surface area contributed by atoms with Gasteiger partial charge in [-0.15, -0.1) is 0 Å². The monoisotopic (exact) mass is 257 g/mol. The molecule has 0 aliphatic carbocycles. The van der Waals surface area contributed by atoms with Crippen LogP contribution in [-0.4, -0.2) is 43.2 Å². The molecule has 0 unspecified atom stereocenters. The van der Waals surface area contributed by atoms with Crippen LogP contribution < -0.4 is 5.32 Å². The van der Waals surface area contributed by atoms with Crippen molar-refractivity contribution >= 4 is 23.4 Å². The quantitative estimate of drug-likeness (QED) is 0.326. The molecule has 1 rings (SSSR count). The van der Waals surface area contributed by atoms with Crippen molar-refractivity contribution in [2.45, 2.75) is 25.9 Å². The zero-order valence-corrected chi connectivity index (χ0v) is 10.6. The molecule has 1 heterocycles. The number of ether oxygens (including phenoxy) is 1. The second-order valence-electron chi connectivity index (χ2n) is 4.13. The van der Waals surface area contributed by atoms with Crippen molar-refractivity contribution in [3.63, 3.8) is 0 Å². The SMILES string of the molecule is CO/N=C(/C(=O)NC1=NOC(C)(C)C1)C(=O)OC. The second kappa shape index (κ2) is 5.48. The molecule has 8 nitrogen and oxygen atoms in total. The molecule has 0 fully saturated rings. The molecule has 0 aromatic rings. The summed E-state index contributed by atoms with van der Waals surface area (Å²) in [5.74, 6) is -1.34.